The van der Waals surface area contributed by atoms with Crippen molar-refractivity contribution in [3.05, 3.63) is 24.0 Å². The van der Waals surface area contributed by atoms with Gasteiger partial charge in [-0.15, -0.1) is 0 Å². The van der Waals surface area contributed by atoms with Gasteiger partial charge in [0, 0.05) is 11.7 Å². The lowest BCUT2D eigenvalue weighted by Gasteiger charge is -2.31. The molecule has 96 valence electrons. The van der Waals surface area contributed by atoms with Crippen LogP contribution in [0.4, 0.5) is 5.69 Å². The number of benzene rings is 1. The minimum atomic E-state index is 0.604. The topological polar surface area (TPSA) is 43.8 Å². The summed E-state index contributed by atoms with van der Waals surface area (Å²) in [5.74, 6) is 1.86. The summed E-state index contributed by atoms with van der Waals surface area (Å²) in [6.45, 7) is 4.48. The van der Waals surface area contributed by atoms with E-state index in [-0.39, 0.29) is 0 Å². The Morgan fingerprint density at radius 3 is 2.83 bits per heavy atom. The van der Waals surface area contributed by atoms with Crippen molar-refractivity contribution < 1.29 is 0 Å². The van der Waals surface area contributed by atoms with E-state index in [9.17, 15) is 0 Å². The highest BCUT2D eigenvalue weighted by Gasteiger charge is 2.25. The third kappa shape index (κ3) is 1.78. The number of aryl methyl sites for hydroxylation is 1. The molecule has 1 heterocycles. The van der Waals surface area contributed by atoms with Crippen LogP contribution < -0.4 is 5.73 Å². The number of hydrogen-bond donors (Lipinski definition) is 1. The van der Waals surface area contributed by atoms with Crippen LogP contribution in [0.2, 0.25) is 0 Å². The highest BCUT2D eigenvalue weighted by atomic mass is 15.1. The van der Waals surface area contributed by atoms with Gasteiger partial charge in [-0.25, -0.2) is 4.98 Å². The second-order valence-corrected chi connectivity index (χ2v) is 5.61. The molecule has 1 fully saturated rings. The summed E-state index contributed by atoms with van der Waals surface area (Å²) in [6, 6.07) is 6.68. The number of hydrogen-bond acceptors (Lipinski definition) is 2. The van der Waals surface area contributed by atoms with E-state index < -0.39 is 0 Å². The number of rotatable bonds is 1. The number of imidazole rings is 1. The van der Waals surface area contributed by atoms with Crippen molar-refractivity contribution in [1.82, 2.24) is 9.55 Å². The van der Waals surface area contributed by atoms with E-state index in [1.807, 2.05) is 12.1 Å². The number of nitrogens with two attached hydrogens (primary N) is 1. The van der Waals surface area contributed by atoms with E-state index in [1.54, 1.807) is 0 Å². The fraction of sp³-hybridized carbons (Fsp3) is 0.533. The average Bonchev–Trinajstić information content (AvgIpc) is 2.65. The first kappa shape index (κ1) is 11.6. The molecule has 0 spiro atoms. The molecule has 3 nitrogen and oxygen atoms in total. The predicted molar refractivity (Wildman–Crippen MR) is 75.6 cm³/mol. The van der Waals surface area contributed by atoms with Crippen molar-refractivity contribution in [1.29, 1.82) is 0 Å². The Morgan fingerprint density at radius 2 is 2.06 bits per heavy atom. The lowest BCUT2D eigenvalue weighted by Crippen LogP contribution is -2.21. The van der Waals surface area contributed by atoms with E-state index in [2.05, 4.69) is 29.5 Å². The molecule has 0 aliphatic heterocycles. The average molecular weight is 243 g/mol. The molecule has 1 aliphatic rings. The summed E-state index contributed by atoms with van der Waals surface area (Å²) >= 11 is 0. The summed E-state index contributed by atoms with van der Waals surface area (Å²) in [7, 11) is 0. The minimum Gasteiger partial charge on any atom is -0.399 e. The molecule has 1 aliphatic carbocycles. The van der Waals surface area contributed by atoms with E-state index in [1.165, 1.54) is 31.2 Å². The fourth-order valence-corrected chi connectivity index (χ4v) is 3.34. The van der Waals surface area contributed by atoms with Gasteiger partial charge < -0.3 is 10.3 Å². The highest BCUT2D eigenvalue weighted by Crippen LogP contribution is 2.36. The maximum atomic E-state index is 5.84. The smallest absolute Gasteiger partial charge is 0.106 e. The van der Waals surface area contributed by atoms with Crippen LogP contribution in [0, 0.1) is 12.8 Å². The quantitative estimate of drug-likeness (QED) is 0.776. The molecule has 0 saturated heterocycles. The predicted octanol–water partition coefficient (Wildman–Crippen LogP) is 3.68. The Labute approximate surface area is 108 Å². The van der Waals surface area contributed by atoms with Gasteiger partial charge in [-0.05, 0) is 43.9 Å². The lowest BCUT2D eigenvalue weighted by atomic mass is 9.85. The van der Waals surface area contributed by atoms with Crippen LogP contribution in [-0.4, -0.2) is 9.55 Å². The van der Waals surface area contributed by atoms with Gasteiger partial charge in [0.15, 0.2) is 0 Å². The zero-order valence-electron chi connectivity index (χ0n) is 11.2. The van der Waals surface area contributed by atoms with Gasteiger partial charge in [-0.2, -0.15) is 0 Å². The van der Waals surface area contributed by atoms with Gasteiger partial charge >= 0.3 is 0 Å². The Kier molecular flexibility index (Phi) is 2.77. The molecular formula is C15H21N3. The first-order valence-electron chi connectivity index (χ1n) is 6.91. The van der Waals surface area contributed by atoms with Crippen molar-refractivity contribution in [2.24, 2.45) is 5.92 Å². The summed E-state index contributed by atoms with van der Waals surface area (Å²) in [4.78, 5) is 4.67. The van der Waals surface area contributed by atoms with Gasteiger partial charge in [-0.1, -0.05) is 19.8 Å². The monoisotopic (exact) mass is 243 g/mol. The third-order valence-corrected chi connectivity index (χ3v) is 4.29. The summed E-state index contributed by atoms with van der Waals surface area (Å²) < 4.78 is 2.43. The minimum absolute atomic E-state index is 0.604. The Morgan fingerprint density at radius 1 is 1.28 bits per heavy atom. The largest absolute Gasteiger partial charge is 0.399 e. The molecule has 1 saturated carbocycles. The molecule has 0 radical (unpaired) electrons. The standard InChI is InChI=1S/C15H21N3/c1-10-5-3-4-6-14(10)18-11(2)17-13-9-12(16)7-8-15(13)18/h7-10,14H,3-6,16H2,1-2H3. The van der Waals surface area contributed by atoms with Crippen molar-refractivity contribution in [2.45, 2.75) is 45.6 Å². The molecule has 18 heavy (non-hydrogen) atoms. The Bertz CT molecular complexity index is 570. The maximum absolute atomic E-state index is 5.84. The van der Waals surface area contributed by atoms with Gasteiger partial charge in [0.25, 0.3) is 0 Å². The summed E-state index contributed by atoms with van der Waals surface area (Å²) in [5.41, 5.74) is 8.90. The second kappa shape index (κ2) is 4.30. The van der Waals surface area contributed by atoms with Gasteiger partial charge in [0.1, 0.15) is 5.82 Å². The lowest BCUT2D eigenvalue weighted by molar-refractivity contribution is 0.259. The molecule has 2 aromatic rings. The number of fused-ring (bicyclic) bond motifs is 1. The van der Waals surface area contributed by atoms with Crippen molar-refractivity contribution >= 4 is 16.7 Å². The molecule has 2 unspecified atom stereocenters. The Balaban J connectivity index is 2.12. The van der Waals surface area contributed by atoms with Crippen LogP contribution in [0.25, 0.3) is 11.0 Å². The van der Waals surface area contributed by atoms with Crippen molar-refractivity contribution in [3.63, 3.8) is 0 Å². The number of nitrogens with zero attached hydrogens (tertiary/aromatic N) is 2. The van der Waals surface area contributed by atoms with E-state index >= 15 is 0 Å². The van der Waals surface area contributed by atoms with Crippen LogP contribution in [0.15, 0.2) is 18.2 Å². The second-order valence-electron chi connectivity index (χ2n) is 5.61. The molecule has 2 N–H and O–H groups in total. The van der Waals surface area contributed by atoms with E-state index in [0.29, 0.717) is 6.04 Å². The molecule has 3 rings (SSSR count). The first-order valence-corrected chi connectivity index (χ1v) is 6.91. The molecule has 1 aromatic carbocycles. The zero-order valence-corrected chi connectivity index (χ0v) is 11.2. The number of nitrogen functional groups attached to an aromatic ring is 1. The van der Waals surface area contributed by atoms with E-state index in [4.69, 9.17) is 5.73 Å². The van der Waals surface area contributed by atoms with Gasteiger partial charge in [0.05, 0.1) is 11.0 Å². The maximum Gasteiger partial charge on any atom is 0.106 e. The van der Waals surface area contributed by atoms with Gasteiger partial charge in [0.2, 0.25) is 0 Å². The number of aromatic nitrogens is 2. The summed E-state index contributed by atoms with van der Waals surface area (Å²) in [5, 5.41) is 0. The molecular weight excluding hydrogens is 222 g/mol. The molecule has 0 bridgehead atoms. The van der Waals surface area contributed by atoms with Crippen molar-refractivity contribution in [3.8, 4) is 0 Å². The zero-order chi connectivity index (χ0) is 12.7. The molecule has 1 aromatic heterocycles. The number of anilines is 1. The van der Waals surface area contributed by atoms with Crippen LogP contribution in [0.1, 0.15) is 44.5 Å². The fourth-order valence-electron chi connectivity index (χ4n) is 3.34. The van der Waals surface area contributed by atoms with Crippen molar-refractivity contribution in [2.75, 3.05) is 5.73 Å². The van der Waals surface area contributed by atoms with E-state index in [0.717, 1.165) is 22.9 Å². The third-order valence-electron chi connectivity index (χ3n) is 4.29. The highest BCUT2D eigenvalue weighted by molar-refractivity contribution is 5.79. The SMILES string of the molecule is Cc1nc2cc(N)ccc2n1C1CCCCC1C. The van der Waals surface area contributed by atoms with Gasteiger partial charge in [-0.3, -0.25) is 0 Å². The van der Waals surface area contributed by atoms with Crippen LogP contribution in [-0.2, 0) is 0 Å². The summed E-state index contributed by atoms with van der Waals surface area (Å²) in [6.07, 6.45) is 5.32. The molecule has 2 atom stereocenters. The first-order chi connectivity index (χ1) is 8.66. The molecule has 3 heteroatoms. The Hall–Kier alpha value is -1.51. The van der Waals surface area contributed by atoms with Crippen LogP contribution in [0.3, 0.4) is 0 Å². The van der Waals surface area contributed by atoms with Crippen LogP contribution >= 0.6 is 0 Å². The normalized spacial score (nSPS) is 24.6. The molecule has 0 amide bonds. The van der Waals surface area contributed by atoms with Crippen LogP contribution in [0.5, 0.6) is 0 Å².